The van der Waals surface area contributed by atoms with Gasteiger partial charge in [0.1, 0.15) is 0 Å². The third-order valence-corrected chi connectivity index (χ3v) is 4.35. The van der Waals surface area contributed by atoms with Crippen molar-refractivity contribution in [2.75, 3.05) is 16.8 Å². The summed E-state index contributed by atoms with van der Waals surface area (Å²) in [6.45, 7) is 7.40. The van der Waals surface area contributed by atoms with Gasteiger partial charge >= 0.3 is 0 Å². The molecule has 0 fully saturated rings. The molecule has 3 rings (SSSR count). The third kappa shape index (κ3) is 3.94. The summed E-state index contributed by atoms with van der Waals surface area (Å²) in [5.41, 5.74) is 3.54. The zero-order valence-corrected chi connectivity index (χ0v) is 15.4. The fourth-order valence-corrected chi connectivity index (χ4v) is 2.98. The van der Waals surface area contributed by atoms with E-state index in [0.29, 0.717) is 11.6 Å². The van der Waals surface area contributed by atoms with Gasteiger partial charge in [0.25, 0.3) is 5.91 Å². The fourth-order valence-electron chi connectivity index (χ4n) is 2.98. The number of nitrogens with zero attached hydrogens (tertiary/aromatic N) is 3. The minimum absolute atomic E-state index is 0.112. The fraction of sp³-hybridized carbons (Fsp3) is 0.238. The number of aromatic nitrogens is 2. The quantitative estimate of drug-likeness (QED) is 0.720. The molecule has 0 aliphatic heterocycles. The molecule has 1 aromatic heterocycles. The monoisotopic (exact) mass is 348 g/mol. The van der Waals surface area contributed by atoms with E-state index < -0.39 is 0 Å². The molecule has 0 saturated carbocycles. The van der Waals surface area contributed by atoms with Gasteiger partial charge in [0.15, 0.2) is 0 Å². The standard InChI is InChI=1S/C21H24N4O/c1-4-25(16(2)3)20-9-5-17(6-10-20)21(26)23-18-7-11-19(12-8-18)24-14-13-22-15-24/h5-16H,4H2,1-3H3,(H,23,26). The maximum Gasteiger partial charge on any atom is 0.255 e. The molecule has 0 aliphatic rings. The third-order valence-electron chi connectivity index (χ3n) is 4.35. The highest BCUT2D eigenvalue weighted by Gasteiger charge is 2.10. The van der Waals surface area contributed by atoms with Crippen molar-refractivity contribution in [3.8, 4) is 5.69 Å². The number of rotatable bonds is 6. The lowest BCUT2D eigenvalue weighted by atomic mass is 10.1. The number of benzene rings is 2. The van der Waals surface area contributed by atoms with Crippen LogP contribution in [0.2, 0.25) is 0 Å². The molecule has 134 valence electrons. The van der Waals surface area contributed by atoms with E-state index >= 15 is 0 Å². The molecule has 1 amide bonds. The van der Waals surface area contributed by atoms with Crippen molar-refractivity contribution < 1.29 is 4.79 Å². The van der Waals surface area contributed by atoms with Gasteiger partial charge in [0, 0.05) is 47.6 Å². The smallest absolute Gasteiger partial charge is 0.255 e. The highest BCUT2D eigenvalue weighted by atomic mass is 16.1. The van der Waals surface area contributed by atoms with Crippen molar-refractivity contribution in [1.29, 1.82) is 0 Å². The average Bonchev–Trinajstić information content (AvgIpc) is 3.18. The molecule has 0 unspecified atom stereocenters. The Hall–Kier alpha value is -3.08. The minimum atomic E-state index is -0.112. The van der Waals surface area contributed by atoms with Crippen LogP contribution in [0.25, 0.3) is 5.69 Å². The first-order valence-corrected chi connectivity index (χ1v) is 8.85. The second kappa shape index (κ2) is 7.87. The number of hydrogen-bond donors (Lipinski definition) is 1. The molecule has 5 heteroatoms. The number of amides is 1. The first kappa shape index (κ1) is 17.7. The van der Waals surface area contributed by atoms with Gasteiger partial charge < -0.3 is 14.8 Å². The predicted octanol–water partition coefficient (Wildman–Crippen LogP) is 4.36. The van der Waals surface area contributed by atoms with E-state index in [9.17, 15) is 4.79 Å². The van der Waals surface area contributed by atoms with Crippen molar-refractivity contribution in [3.63, 3.8) is 0 Å². The van der Waals surface area contributed by atoms with Crippen LogP contribution in [0.1, 0.15) is 31.1 Å². The summed E-state index contributed by atoms with van der Waals surface area (Å²) in [4.78, 5) is 18.8. The van der Waals surface area contributed by atoms with Gasteiger partial charge in [-0.1, -0.05) is 0 Å². The summed E-state index contributed by atoms with van der Waals surface area (Å²) in [5.74, 6) is -0.112. The number of imidazole rings is 1. The van der Waals surface area contributed by atoms with Crippen LogP contribution in [-0.2, 0) is 0 Å². The molecule has 1 N–H and O–H groups in total. The SMILES string of the molecule is CCN(c1ccc(C(=O)Nc2ccc(-n3ccnc3)cc2)cc1)C(C)C. The van der Waals surface area contributed by atoms with E-state index in [2.05, 4.69) is 36.0 Å². The van der Waals surface area contributed by atoms with Crippen molar-refractivity contribution in [3.05, 3.63) is 72.8 Å². The van der Waals surface area contributed by atoms with E-state index in [-0.39, 0.29) is 5.91 Å². The number of carbonyl (C=O) groups is 1. The number of anilines is 2. The van der Waals surface area contributed by atoms with Crippen LogP contribution in [0, 0.1) is 0 Å². The normalized spacial score (nSPS) is 10.8. The largest absolute Gasteiger partial charge is 0.369 e. The lowest BCUT2D eigenvalue weighted by Crippen LogP contribution is -2.30. The molecule has 1 heterocycles. The highest BCUT2D eigenvalue weighted by molar-refractivity contribution is 6.04. The van der Waals surface area contributed by atoms with E-state index in [0.717, 1.165) is 23.6 Å². The number of nitrogens with one attached hydrogen (secondary N) is 1. The molecule has 0 atom stereocenters. The molecule has 5 nitrogen and oxygen atoms in total. The van der Waals surface area contributed by atoms with Crippen LogP contribution in [0.3, 0.4) is 0 Å². The highest BCUT2D eigenvalue weighted by Crippen LogP contribution is 2.19. The molecular formula is C21H24N4O. The second-order valence-corrected chi connectivity index (χ2v) is 6.40. The zero-order chi connectivity index (χ0) is 18.5. The van der Waals surface area contributed by atoms with Crippen molar-refractivity contribution in [2.45, 2.75) is 26.8 Å². The Labute approximate surface area is 154 Å². The first-order valence-electron chi connectivity index (χ1n) is 8.85. The Morgan fingerprint density at radius 3 is 2.35 bits per heavy atom. The average molecular weight is 348 g/mol. The Morgan fingerprint density at radius 1 is 1.12 bits per heavy atom. The summed E-state index contributed by atoms with van der Waals surface area (Å²) in [5, 5.41) is 2.94. The molecule has 0 radical (unpaired) electrons. The van der Waals surface area contributed by atoms with Crippen LogP contribution in [0.5, 0.6) is 0 Å². The minimum Gasteiger partial charge on any atom is -0.369 e. The summed E-state index contributed by atoms with van der Waals surface area (Å²) >= 11 is 0. The Morgan fingerprint density at radius 2 is 1.81 bits per heavy atom. The van der Waals surface area contributed by atoms with E-state index in [1.54, 1.807) is 12.5 Å². The number of hydrogen-bond acceptors (Lipinski definition) is 3. The van der Waals surface area contributed by atoms with Gasteiger partial charge in [0.05, 0.1) is 6.33 Å². The zero-order valence-electron chi connectivity index (χ0n) is 15.4. The lowest BCUT2D eigenvalue weighted by Gasteiger charge is -2.27. The van der Waals surface area contributed by atoms with Crippen LogP contribution in [0.4, 0.5) is 11.4 Å². The van der Waals surface area contributed by atoms with Gasteiger partial charge in [-0.25, -0.2) is 4.98 Å². The summed E-state index contributed by atoms with van der Waals surface area (Å²) in [6, 6.07) is 15.8. The van der Waals surface area contributed by atoms with Gasteiger partial charge in [-0.15, -0.1) is 0 Å². The van der Waals surface area contributed by atoms with Crippen molar-refractivity contribution >= 4 is 17.3 Å². The lowest BCUT2D eigenvalue weighted by molar-refractivity contribution is 0.102. The van der Waals surface area contributed by atoms with Crippen LogP contribution < -0.4 is 10.2 Å². The topological polar surface area (TPSA) is 50.2 Å². The molecule has 0 saturated heterocycles. The van der Waals surface area contributed by atoms with Crippen LogP contribution >= 0.6 is 0 Å². The Balaban J connectivity index is 1.68. The van der Waals surface area contributed by atoms with Crippen LogP contribution in [0.15, 0.2) is 67.3 Å². The summed E-state index contributed by atoms with van der Waals surface area (Å²) in [6.07, 6.45) is 5.36. The molecule has 2 aromatic carbocycles. The maximum atomic E-state index is 12.5. The predicted molar refractivity (Wildman–Crippen MR) is 106 cm³/mol. The van der Waals surface area contributed by atoms with Crippen LogP contribution in [-0.4, -0.2) is 28.0 Å². The second-order valence-electron chi connectivity index (χ2n) is 6.40. The van der Waals surface area contributed by atoms with Gasteiger partial charge in [-0.3, -0.25) is 4.79 Å². The molecular weight excluding hydrogens is 324 g/mol. The van der Waals surface area contributed by atoms with E-state index in [1.807, 2.05) is 59.3 Å². The summed E-state index contributed by atoms with van der Waals surface area (Å²) in [7, 11) is 0. The molecule has 0 bridgehead atoms. The summed E-state index contributed by atoms with van der Waals surface area (Å²) < 4.78 is 1.92. The van der Waals surface area contributed by atoms with Crippen molar-refractivity contribution in [2.24, 2.45) is 0 Å². The first-order chi connectivity index (χ1) is 12.6. The van der Waals surface area contributed by atoms with E-state index in [1.165, 1.54) is 0 Å². The molecule has 3 aromatic rings. The molecule has 0 aliphatic carbocycles. The Kier molecular flexibility index (Phi) is 5.37. The van der Waals surface area contributed by atoms with E-state index in [4.69, 9.17) is 0 Å². The number of carbonyl (C=O) groups excluding carboxylic acids is 1. The molecule has 26 heavy (non-hydrogen) atoms. The maximum absolute atomic E-state index is 12.5. The van der Waals surface area contributed by atoms with Gasteiger partial charge in [-0.05, 0) is 69.3 Å². The van der Waals surface area contributed by atoms with Gasteiger partial charge in [-0.2, -0.15) is 0 Å². The molecule has 0 spiro atoms. The van der Waals surface area contributed by atoms with Crippen molar-refractivity contribution in [1.82, 2.24) is 9.55 Å². The van der Waals surface area contributed by atoms with Gasteiger partial charge in [0.2, 0.25) is 0 Å². The Bertz CT molecular complexity index is 837.